The summed E-state index contributed by atoms with van der Waals surface area (Å²) >= 11 is 0. The molecular formula is C36H48O9. The fourth-order valence-corrected chi connectivity index (χ4v) is 4.52. The lowest BCUT2D eigenvalue weighted by Gasteiger charge is -2.34. The van der Waals surface area contributed by atoms with E-state index in [9.17, 15) is 14.4 Å². The van der Waals surface area contributed by atoms with Gasteiger partial charge in [-0.25, -0.2) is 0 Å². The molecule has 4 unspecified atom stereocenters. The average Bonchev–Trinajstić information content (AvgIpc) is 3.08. The minimum Gasteiger partial charge on any atom is -0.462 e. The van der Waals surface area contributed by atoms with Gasteiger partial charge in [0.1, 0.15) is 18.3 Å². The van der Waals surface area contributed by atoms with Crippen molar-refractivity contribution in [2.24, 2.45) is 5.92 Å². The number of carbonyl (C=O) groups is 3. The minimum atomic E-state index is -0.852. The molecule has 0 amide bonds. The standard InChI is InChI=1S/C33H36O6.3CH4O/c1-4-28(38-31(35)22-26-17-11-7-12-18-26)33(24(3)37-30(34)21-25-15-9-6-10-16-25)29(5-2)39-32(36)23-27-19-13-8-14-20-27;3*1-2/h4,6-20,24,28-29,33H,1,5,21-23H2,2-3H3;3*2H,1H3. The number of aliphatic hydroxyl groups is 3. The van der Waals surface area contributed by atoms with Crippen LogP contribution in [0.15, 0.2) is 104 Å². The van der Waals surface area contributed by atoms with Crippen LogP contribution in [0.1, 0.15) is 37.0 Å². The number of carbonyl (C=O) groups excluding carboxylic acids is 3. The number of ether oxygens (including phenoxy) is 3. The second-order valence-corrected chi connectivity index (χ2v) is 9.39. The fourth-order valence-electron chi connectivity index (χ4n) is 4.52. The molecule has 0 radical (unpaired) electrons. The van der Waals surface area contributed by atoms with Gasteiger partial charge in [-0.2, -0.15) is 0 Å². The SMILES string of the molecule is C=CC(OC(=O)Cc1ccccc1)C(C(C)OC(=O)Cc1ccccc1)C(CC)OC(=O)Cc1ccccc1.CO.CO.CO. The zero-order chi connectivity index (χ0) is 34.0. The molecule has 3 aromatic rings. The minimum absolute atomic E-state index is 0.0741. The average molecular weight is 625 g/mol. The highest BCUT2D eigenvalue weighted by Crippen LogP contribution is 2.27. The second kappa shape index (κ2) is 25.1. The van der Waals surface area contributed by atoms with Crippen molar-refractivity contribution < 1.29 is 43.9 Å². The van der Waals surface area contributed by atoms with E-state index < -0.39 is 42.1 Å². The van der Waals surface area contributed by atoms with Crippen LogP contribution >= 0.6 is 0 Å². The molecule has 0 bridgehead atoms. The molecule has 3 N–H and O–H groups in total. The topological polar surface area (TPSA) is 140 Å². The van der Waals surface area contributed by atoms with Crippen molar-refractivity contribution in [3.05, 3.63) is 120 Å². The number of esters is 3. The van der Waals surface area contributed by atoms with E-state index in [1.165, 1.54) is 6.08 Å². The molecule has 0 heterocycles. The summed E-state index contributed by atoms with van der Waals surface area (Å²) in [4.78, 5) is 38.6. The highest BCUT2D eigenvalue weighted by Gasteiger charge is 2.38. The lowest BCUT2D eigenvalue weighted by Crippen LogP contribution is -2.45. The highest BCUT2D eigenvalue weighted by atomic mass is 16.6. The van der Waals surface area contributed by atoms with Gasteiger partial charge in [0.15, 0.2) is 0 Å². The summed E-state index contributed by atoms with van der Waals surface area (Å²) in [5.74, 6) is -1.96. The van der Waals surface area contributed by atoms with Gasteiger partial charge in [-0.1, -0.05) is 111 Å². The molecule has 0 saturated heterocycles. The quantitative estimate of drug-likeness (QED) is 0.134. The van der Waals surface area contributed by atoms with E-state index in [1.54, 1.807) is 6.92 Å². The second-order valence-electron chi connectivity index (χ2n) is 9.39. The van der Waals surface area contributed by atoms with E-state index >= 15 is 0 Å². The van der Waals surface area contributed by atoms with Crippen molar-refractivity contribution in [3.63, 3.8) is 0 Å². The van der Waals surface area contributed by atoms with Crippen LogP contribution in [0, 0.1) is 5.92 Å². The Morgan fingerprint density at radius 2 is 0.956 bits per heavy atom. The van der Waals surface area contributed by atoms with Crippen LogP contribution in [0.3, 0.4) is 0 Å². The van der Waals surface area contributed by atoms with Crippen molar-refractivity contribution in [1.82, 2.24) is 0 Å². The highest BCUT2D eigenvalue weighted by molar-refractivity contribution is 5.74. The smallest absolute Gasteiger partial charge is 0.310 e. The molecule has 45 heavy (non-hydrogen) atoms. The van der Waals surface area contributed by atoms with E-state index in [1.807, 2.05) is 97.9 Å². The van der Waals surface area contributed by atoms with Gasteiger partial charge in [-0.05, 0) is 30.0 Å². The van der Waals surface area contributed by atoms with Crippen LogP contribution in [0.4, 0.5) is 0 Å². The van der Waals surface area contributed by atoms with Crippen molar-refractivity contribution in [2.75, 3.05) is 21.3 Å². The Labute approximate surface area is 267 Å². The largest absolute Gasteiger partial charge is 0.462 e. The molecule has 0 aliphatic carbocycles. The van der Waals surface area contributed by atoms with Gasteiger partial charge >= 0.3 is 17.9 Å². The summed E-state index contributed by atoms with van der Waals surface area (Å²) in [6.07, 6.45) is -0.0835. The number of rotatable bonds is 14. The summed E-state index contributed by atoms with van der Waals surface area (Å²) in [6.45, 7) is 7.47. The Balaban J connectivity index is 0.00000304. The Bertz CT molecular complexity index is 1200. The summed E-state index contributed by atoms with van der Waals surface area (Å²) in [5, 5.41) is 21.0. The predicted molar refractivity (Wildman–Crippen MR) is 174 cm³/mol. The maximum atomic E-state index is 12.9. The molecule has 4 atom stereocenters. The van der Waals surface area contributed by atoms with Gasteiger partial charge in [0.05, 0.1) is 25.2 Å². The molecule has 0 fully saturated rings. The first-order chi connectivity index (χ1) is 21.9. The van der Waals surface area contributed by atoms with Gasteiger partial charge in [0.2, 0.25) is 0 Å². The van der Waals surface area contributed by atoms with Crippen molar-refractivity contribution in [2.45, 2.75) is 57.8 Å². The first-order valence-corrected chi connectivity index (χ1v) is 14.6. The third kappa shape index (κ3) is 15.8. The Morgan fingerprint density at radius 1 is 0.622 bits per heavy atom. The van der Waals surface area contributed by atoms with E-state index in [-0.39, 0.29) is 19.3 Å². The predicted octanol–water partition coefficient (Wildman–Crippen LogP) is 4.51. The molecule has 0 spiro atoms. The van der Waals surface area contributed by atoms with Gasteiger partial charge in [0.25, 0.3) is 0 Å². The van der Waals surface area contributed by atoms with Crippen LogP contribution < -0.4 is 0 Å². The zero-order valence-corrected chi connectivity index (χ0v) is 26.9. The molecular weight excluding hydrogens is 576 g/mol. The van der Waals surface area contributed by atoms with Crippen LogP contribution in [-0.4, -0.2) is 72.9 Å². The third-order valence-electron chi connectivity index (χ3n) is 6.43. The Kier molecular flexibility index (Phi) is 22.7. The molecule has 3 rings (SSSR count). The van der Waals surface area contributed by atoms with Crippen molar-refractivity contribution in [3.8, 4) is 0 Å². The Hall–Kier alpha value is -4.31. The third-order valence-corrected chi connectivity index (χ3v) is 6.43. The number of hydrogen-bond donors (Lipinski definition) is 3. The van der Waals surface area contributed by atoms with E-state index in [2.05, 4.69) is 6.58 Å². The summed E-state index contributed by atoms with van der Waals surface area (Å²) in [5.41, 5.74) is 2.46. The zero-order valence-electron chi connectivity index (χ0n) is 26.9. The van der Waals surface area contributed by atoms with Gasteiger partial charge in [0, 0.05) is 21.3 Å². The summed E-state index contributed by atoms with van der Waals surface area (Å²) in [7, 11) is 3.00. The van der Waals surface area contributed by atoms with E-state index in [0.29, 0.717) is 6.42 Å². The summed E-state index contributed by atoms with van der Waals surface area (Å²) < 4.78 is 17.5. The molecule has 0 aliphatic heterocycles. The van der Waals surface area contributed by atoms with Crippen LogP contribution in [0.2, 0.25) is 0 Å². The maximum Gasteiger partial charge on any atom is 0.310 e. The molecule has 0 saturated carbocycles. The first kappa shape index (κ1) is 40.7. The number of aliphatic hydroxyl groups excluding tert-OH is 3. The van der Waals surface area contributed by atoms with Crippen LogP contribution in [0.5, 0.6) is 0 Å². The van der Waals surface area contributed by atoms with Gasteiger partial charge < -0.3 is 29.5 Å². The molecule has 9 nitrogen and oxygen atoms in total. The molecule has 0 aromatic heterocycles. The summed E-state index contributed by atoms with van der Waals surface area (Å²) in [6, 6.07) is 27.8. The number of hydrogen-bond acceptors (Lipinski definition) is 9. The number of benzene rings is 3. The first-order valence-electron chi connectivity index (χ1n) is 14.6. The molecule has 0 aliphatic rings. The maximum absolute atomic E-state index is 12.9. The lowest BCUT2D eigenvalue weighted by atomic mass is 9.88. The van der Waals surface area contributed by atoms with Crippen molar-refractivity contribution in [1.29, 1.82) is 0 Å². The van der Waals surface area contributed by atoms with Crippen molar-refractivity contribution >= 4 is 17.9 Å². The van der Waals surface area contributed by atoms with E-state index in [4.69, 9.17) is 29.5 Å². The molecule has 246 valence electrons. The fraction of sp³-hybridized carbons (Fsp3) is 0.361. The van der Waals surface area contributed by atoms with Crippen LogP contribution in [0.25, 0.3) is 0 Å². The molecule has 9 heteroatoms. The Morgan fingerprint density at radius 3 is 1.29 bits per heavy atom. The lowest BCUT2D eigenvalue weighted by molar-refractivity contribution is -0.170. The normalized spacial score (nSPS) is 12.4. The van der Waals surface area contributed by atoms with Gasteiger partial charge in [-0.15, -0.1) is 0 Å². The monoisotopic (exact) mass is 624 g/mol. The van der Waals surface area contributed by atoms with Gasteiger partial charge in [-0.3, -0.25) is 14.4 Å². The molecule has 3 aromatic carbocycles. The van der Waals surface area contributed by atoms with Crippen LogP contribution in [-0.2, 0) is 47.9 Å². The van der Waals surface area contributed by atoms with E-state index in [0.717, 1.165) is 38.0 Å².